The van der Waals surface area contributed by atoms with E-state index in [-0.39, 0.29) is 11.4 Å². The van der Waals surface area contributed by atoms with Crippen LogP contribution in [0.15, 0.2) is 12.3 Å². The second-order valence-corrected chi connectivity index (χ2v) is 4.45. The van der Waals surface area contributed by atoms with E-state index in [4.69, 9.17) is 11.6 Å². The van der Waals surface area contributed by atoms with E-state index in [0.29, 0.717) is 10.7 Å². The molecule has 1 aromatic heterocycles. The van der Waals surface area contributed by atoms with Gasteiger partial charge in [-0.3, -0.25) is 4.79 Å². The molecule has 4 heteroatoms. The minimum atomic E-state index is -0.188. The van der Waals surface area contributed by atoms with Gasteiger partial charge in [-0.25, -0.2) is 0 Å². The van der Waals surface area contributed by atoms with E-state index < -0.39 is 0 Å². The van der Waals surface area contributed by atoms with Gasteiger partial charge >= 0.3 is 0 Å². The fourth-order valence-corrected chi connectivity index (χ4v) is 1.85. The SMILES string of the molecule is CC1(C)Cn2cc(Cl)cc2C(=O)N1. The van der Waals surface area contributed by atoms with Crippen molar-refractivity contribution in [3.63, 3.8) is 0 Å². The molecule has 2 rings (SSSR count). The summed E-state index contributed by atoms with van der Waals surface area (Å²) in [6.07, 6.45) is 1.79. The quantitative estimate of drug-likeness (QED) is 0.676. The third-order valence-corrected chi connectivity index (χ3v) is 2.32. The fourth-order valence-electron chi connectivity index (χ4n) is 1.63. The summed E-state index contributed by atoms with van der Waals surface area (Å²) in [5.41, 5.74) is 0.455. The van der Waals surface area contributed by atoms with Gasteiger partial charge in [-0.1, -0.05) is 11.6 Å². The van der Waals surface area contributed by atoms with Crippen LogP contribution in [-0.2, 0) is 6.54 Å². The minimum absolute atomic E-state index is 0.0526. The van der Waals surface area contributed by atoms with Gasteiger partial charge in [0.15, 0.2) is 0 Å². The number of nitrogens with zero attached hydrogens (tertiary/aromatic N) is 1. The van der Waals surface area contributed by atoms with Gasteiger partial charge in [-0.2, -0.15) is 0 Å². The maximum absolute atomic E-state index is 11.5. The van der Waals surface area contributed by atoms with Gasteiger partial charge in [0.2, 0.25) is 0 Å². The molecule has 0 aromatic carbocycles. The third kappa shape index (κ3) is 1.44. The van der Waals surface area contributed by atoms with Crippen LogP contribution in [0.4, 0.5) is 0 Å². The van der Waals surface area contributed by atoms with E-state index in [9.17, 15) is 4.79 Å². The van der Waals surface area contributed by atoms with E-state index in [1.165, 1.54) is 0 Å². The highest BCUT2D eigenvalue weighted by Crippen LogP contribution is 2.21. The Balaban J connectivity index is 2.48. The number of fused-ring (bicyclic) bond motifs is 1. The zero-order chi connectivity index (χ0) is 9.64. The van der Waals surface area contributed by atoms with Gasteiger partial charge in [0.1, 0.15) is 5.69 Å². The molecule has 1 aliphatic rings. The molecule has 3 nitrogen and oxygen atoms in total. The number of aromatic nitrogens is 1. The van der Waals surface area contributed by atoms with Gasteiger partial charge in [0.05, 0.1) is 10.6 Å². The van der Waals surface area contributed by atoms with Gasteiger partial charge in [0, 0.05) is 12.7 Å². The van der Waals surface area contributed by atoms with Crippen LogP contribution in [0.5, 0.6) is 0 Å². The molecular formula is C9H11ClN2O. The average Bonchev–Trinajstić information content (AvgIpc) is 2.27. The number of amides is 1. The molecule has 0 radical (unpaired) electrons. The average molecular weight is 199 g/mol. The molecule has 0 atom stereocenters. The zero-order valence-corrected chi connectivity index (χ0v) is 8.35. The molecule has 0 unspecified atom stereocenters. The van der Waals surface area contributed by atoms with Crippen LogP contribution in [0.1, 0.15) is 24.3 Å². The summed E-state index contributed by atoms with van der Waals surface area (Å²) in [5.74, 6) is -0.0526. The Kier molecular flexibility index (Phi) is 1.67. The predicted molar refractivity (Wildman–Crippen MR) is 51.0 cm³/mol. The molecule has 0 saturated heterocycles. The summed E-state index contributed by atoms with van der Waals surface area (Å²) in [4.78, 5) is 11.5. The number of carbonyl (C=O) groups is 1. The Labute approximate surface area is 81.7 Å². The largest absolute Gasteiger partial charge is 0.344 e. The molecule has 1 aliphatic heterocycles. The van der Waals surface area contributed by atoms with E-state index in [1.54, 1.807) is 12.3 Å². The fraction of sp³-hybridized carbons (Fsp3) is 0.444. The first kappa shape index (κ1) is 8.63. The predicted octanol–water partition coefficient (Wildman–Crippen LogP) is 1.66. The Bertz CT molecular complexity index is 368. The van der Waals surface area contributed by atoms with Crippen molar-refractivity contribution in [3.05, 3.63) is 23.0 Å². The summed E-state index contributed by atoms with van der Waals surface area (Å²) >= 11 is 5.81. The first-order valence-electron chi connectivity index (χ1n) is 4.16. The Morgan fingerprint density at radius 1 is 1.62 bits per heavy atom. The lowest BCUT2D eigenvalue weighted by Gasteiger charge is -2.32. The third-order valence-electron chi connectivity index (χ3n) is 2.11. The molecule has 13 heavy (non-hydrogen) atoms. The monoisotopic (exact) mass is 198 g/mol. The summed E-state index contributed by atoms with van der Waals surface area (Å²) in [5, 5.41) is 3.52. The molecule has 0 spiro atoms. The molecular weight excluding hydrogens is 188 g/mol. The van der Waals surface area contributed by atoms with Crippen molar-refractivity contribution in [1.82, 2.24) is 9.88 Å². The summed E-state index contributed by atoms with van der Waals surface area (Å²) in [6.45, 7) is 4.74. The zero-order valence-electron chi connectivity index (χ0n) is 7.60. The molecule has 0 aliphatic carbocycles. The molecule has 70 valence electrons. The van der Waals surface area contributed by atoms with E-state index >= 15 is 0 Å². The number of halogens is 1. The normalized spacial score (nSPS) is 19.5. The van der Waals surface area contributed by atoms with Crippen molar-refractivity contribution in [1.29, 1.82) is 0 Å². The van der Waals surface area contributed by atoms with Crippen molar-refractivity contribution in [2.24, 2.45) is 0 Å². The number of carbonyl (C=O) groups excluding carboxylic acids is 1. The molecule has 1 amide bonds. The lowest BCUT2D eigenvalue weighted by atomic mass is 10.0. The van der Waals surface area contributed by atoms with E-state index in [2.05, 4.69) is 5.32 Å². The van der Waals surface area contributed by atoms with E-state index in [1.807, 2.05) is 18.4 Å². The highest BCUT2D eigenvalue weighted by atomic mass is 35.5. The van der Waals surface area contributed by atoms with Crippen LogP contribution in [0.3, 0.4) is 0 Å². The number of hydrogen-bond donors (Lipinski definition) is 1. The number of rotatable bonds is 0. The van der Waals surface area contributed by atoms with Crippen LogP contribution < -0.4 is 5.32 Å². The first-order valence-corrected chi connectivity index (χ1v) is 4.54. The summed E-state index contributed by atoms with van der Waals surface area (Å²) < 4.78 is 1.89. The smallest absolute Gasteiger partial charge is 0.268 e. The Hall–Kier alpha value is -0.960. The second kappa shape index (κ2) is 2.51. The van der Waals surface area contributed by atoms with Gasteiger partial charge < -0.3 is 9.88 Å². The highest BCUT2D eigenvalue weighted by Gasteiger charge is 2.29. The molecule has 2 heterocycles. The second-order valence-electron chi connectivity index (χ2n) is 4.01. The van der Waals surface area contributed by atoms with Crippen molar-refractivity contribution < 1.29 is 4.79 Å². The van der Waals surface area contributed by atoms with Crippen LogP contribution in [0, 0.1) is 0 Å². The lowest BCUT2D eigenvalue weighted by molar-refractivity contribution is 0.0862. The number of hydrogen-bond acceptors (Lipinski definition) is 1. The molecule has 0 saturated carbocycles. The molecule has 0 fully saturated rings. The first-order chi connectivity index (χ1) is 5.98. The van der Waals surface area contributed by atoms with Crippen molar-refractivity contribution in [3.8, 4) is 0 Å². The minimum Gasteiger partial charge on any atom is -0.344 e. The van der Waals surface area contributed by atoms with Crippen LogP contribution in [0.25, 0.3) is 0 Å². The molecule has 1 aromatic rings. The van der Waals surface area contributed by atoms with Gasteiger partial charge in [-0.15, -0.1) is 0 Å². The van der Waals surface area contributed by atoms with Crippen LogP contribution >= 0.6 is 11.6 Å². The van der Waals surface area contributed by atoms with Crippen molar-refractivity contribution in [2.75, 3.05) is 0 Å². The van der Waals surface area contributed by atoms with Gasteiger partial charge in [0.25, 0.3) is 5.91 Å². The highest BCUT2D eigenvalue weighted by molar-refractivity contribution is 6.31. The Morgan fingerprint density at radius 3 is 3.00 bits per heavy atom. The lowest BCUT2D eigenvalue weighted by Crippen LogP contribution is -2.51. The summed E-state index contributed by atoms with van der Waals surface area (Å²) in [6, 6.07) is 1.69. The van der Waals surface area contributed by atoms with Gasteiger partial charge in [-0.05, 0) is 19.9 Å². The maximum atomic E-state index is 11.5. The van der Waals surface area contributed by atoms with Crippen LogP contribution in [-0.4, -0.2) is 16.0 Å². The van der Waals surface area contributed by atoms with Crippen molar-refractivity contribution >= 4 is 17.5 Å². The number of nitrogens with one attached hydrogen (secondary N) is 1. The van der Waals surface area contributed by atoms with E-state index in [0.717, 1.165) is 6.54 Å². The van der Waals surface area contributed by atoms with Crippen molar-refractivity contribution in [2.45, 2.75) is 25.9 Å². The standard InChI is InChI=1S/C9H11ClN2O/c1-9(2)5-12-4-6(10)3-7(12)8(13)11-9/h3-4H,5H2,1-2H3,(H,11,13). The maximum Gasteiger partial charge on any atom is 0.268 e. The Morgan fingerprint density at radius 2 is 2.31 bits per heavy atom. The molecule has 1 N–H and O–H groups in total. The molecule has 0 bridgehead atoms. The van der Waals surface area contributed by atoms with Crippen LogP contribution in [0.2, 0.25) is 5.02 Å². The summed E-state index contributed by atoms with van der Waals surface area (Å²) in [7, 11) is 0. The topological polar surface area (TPSA) is 34.0 Å².